The second kappa shape index (κ2) is 23.9. The van der Waals surface area contributed by atoms with Crippen LogP contribution >= 0.6 is 0 Å². The van der Waals surface area contributed by atoms with Crippen molar-refractivity contribution in [1.29, 1.82) is 0 Å². The van der Waals surface area contributed by atoms with Gasteiger partial charge in [0.2, 0.25) is 0 Å². The number of carbonyl (C=O) groups excluding carboxylic acids is 2. The summed E-state index contributed by atoms with van der Waals surface area (Å²) in [7, 11) is 0. The van der Waals surface area contributed by atoms with Crippen LogP contribution in [0.1, 0.15) is 25.4 Å². The smallest absolute Gasteiger partial charge is 0 e. The number of carbonyl (C=O) groups is 2. The van der Waals surface area contributed by atoms with Gasteiger partial charge in [0.05, 0.1) is 12.1 Å². The summed E-state index contributed by atoms with van der Waals surface area (Å²) >= 11 is 0. The topological polar surface area (TPSA) is 173 Å². The molecule has 0 N–H and O–H groups in total. The zero-order valence-electron chi connectivity index (χ0n) is 17.7. The molecule has 2 rings (SSSR count). The van der Waals surface area contributed by atoms with E-state index in [4.69, 9.17) is 14.0 Å². The SMILES string of the molecule is CC(=O)Oc1cc(C)oc(=O)c1.CC(=O)Oc1cc(C)oc(=O)c1.[C-]#[O+].[C-]#[O+].[C-]#[O+].[CH3-].[Fe]. The van der Waals surface area contributed by atoms with Crippen molar-refractivity contribution in [2.24, 2.45) is 0 Å². The minimum absolute atomic E-state index is 0. The molecule has 0 bridgehead atoms. The maximum atomic E-state index is 10.7. The van der Waals surface area contributed by atoms with Gasteiger partial charge in [-0.3, -0.25) is 9.59 Å². The van der Waals surface area contributed by atoms with Gasteiger partial charge in [-0.25, -0.2) is 9.59 Å². The molecule has 11 nitrogen and oxygen atoms in total. The molecule has 0 atom stereocenters. The molecule has 12 heteroatoms. The largest absolute Gasteiger partial charge is 0.358 e. The summed E-state index contributed by atoms with van der Waals surface area (Å²) in [6.07, 6.45) is 0. The Bertz CT molecular complexity index is 895. The van der Waals surface area contributed by atoms with E-state index >= 15 is 0 Å². The number of esters is 2. The van der Waals surface area contributed by atoms with Gasteiger partial charge in [0.25, 0.3) is 0 Å². The van der Waals surface area contributed by atoms with E-state index in [1.165, 1.54) is 26.0 Å². The molecule has 0 aromatic carbocycles. The van der Waals surface area contributed by atoms with Gasteiger partial charge in [0.1, 0.15) is 23.0 Å². The Balaban J connectivity index is -0.000000117. The van der Waals surface area contributed by atoms with Crippen LogP contribution in [0.3, 0.4) is 0 Å². The summed E-state index contributed by atoms with van der Waals surface area (Å²) in [5.74, 6) is 0.352. The molecule has 0 fully saturated rings. The molecule has 0 unspecified atom stereocenters. The van der Waals surface area contributed by atoms with Crippen LogP contribution < -0.4 is 20.7 Å². The van der Waals surface area contributed by atoms with Crippen LogP contribution in [0.4, 0.5) is 0 Å². The Labute approximate surface area is 194 Å². The monoisotopic (exact) mass is 491 g/mol. The third kappa shape index (κ3) is 21.3. The first kappa shape index (κ1) is 39.1. The predicted octanol–water partition coefficient (Wildman–Crippen LogP) is 2.08. The average molecular weight is 491 g/mol. The van der Waals surface area contributed by atoms with Crippen molar-refractivity contribution >= 4 is 11.9 Å². The number of rotatable bonds is 2. The van der Waals surface area contributed by atoms with Crippen molar-refractivity contribution in [3.8, 4) is 11.5 Å². The zero-order chi connectivity index (χ0) is 24.3. The summed E-state index contributed by atoms with van der Waals surface area (Å²) in [6.45, 7) is 19.2. The number of aryl methyl sites for hydroxylation is 2. The van der Waals surface area contributed by atoms with Crippen molar-refractivity contribution in [1.82, 2.24) is 0 Å². The zero-order valence-corrected chi connectivity index (χ0v) is 18.8. The van der Waals surface area contributed by atoms with Gasteiger partial charge >= 0.3 is 57.1 Å². The summed E-state index contributed by atoms with van der Waals surface area (Å²) in [4.78, 5) is 42.4. The minimum Gasteiger partial charge on any atom is -0.358 e. The van der Waals surface area contributed by atoms with Crippen LogP contribution in [0, 0.1) is 41.2 Å². The van der Waals surface area contributed by atoms with Gasteiger partial charge in [-0.1, -0.05) is 0 Å². The second-order valence-corrected chi connectivity index (χ2v) is 4.63. The molecule has 0 aliphatic carbocycles. The summed E-state index contributed by atoms with van der Waals surface area (Å²) < 4.78 is 41.2. The fourth-order valence-corrected chi connectivity index (χ4v) is 1.60. The summed E-state index contributed by atoms with van der Waals surface area (Å²) in [5, 5.41) is 0. The molecule has 0 amide bonds. The van der Waals surface area contributed by atoms with E-state index in [1.54, 1.807) is 13.8 Å². The Hall–Kier alpha value is -3.42. The fraction of sp³-hybridized carbons (Fsp3) is 0.200. The first-order valence-corrected chi connectivity index (χ1v) is 7.37. The van der Waals surface area contributed by atoms with E-state index in [9.17, 15) is 19.2 Å². The van der Waals surface area contributed by atoms with Crippen molar-refractivity contribution in [2.75, 3.05) is 0 Å². The van der Waals surface area contributed by atoms with Crippen LogP contribution in [0.25, 0.3) is 0 Å². The molecule has 0 saturated heterocycles. The molecule has 0 saturated carbocycles. The van der Waals surface area contributed by atoms with Crippen molar-refractivity contribution in [3.05, 3.63) is 84.0 Å². The van der Waals surface area contributed by atoms with Crippen molar-refractivity contribution < 1.29 is 58.9 Å². The van der Waals surface area contributed by atoms with E-state index in [0.29, 0.717) is 11.5 Å². The van der Waals surface area contributed by atoms with Crippen LogP contribution in [0.15, 0.2) is 42.7 Å². The van der Waals surface area contributed by atoms with Gasteiger partial charge in [0.15, 0.2) is 0 Å². The number of hydrogen-bond acceptors (Lipinski definition) is 8. The van der Waals surface area contributed by atoms with Gasteiger partial charge in [-0.2, -0.15) is 0 Å². The summed E-state index contributed by atoms with van der Waals surface area (Å²) in [5.41, 5.74) is -1.04. The van der Waals surface area contributed by atoms with E-state index in [1.807, 2.05) is 0 Å². The molecule has 2 aromatic rings. The third-order valence-electron chi connectivity index (χ3n) is 2.26. The van der Waals surface area contributed by atoms with E-state index in [2.05, 4.69) is 38.3 Å². The molecule has 0 spiro atoms. The first-order valence-electron chi connectivity index (χ1n) is 7.37. The van der Waals surface area contributed by atoms with Crippen molar-refractivity contribution in [3.63, 3.8) is 0 Å². The van der Waals surface area contributed by atoms with Crippen LogP contribution in [-0.4, -0.2) is 11.9 Å². The minimum atomic E-state index is -0.522. The molecular weight excluding hydrogens is 472 g/mol. The molecule has 32 heavy (non-hydrogen) atoms. The maximum absolute atomic E-state index is 10.7. The Morgan fingerprint density at radius 2 is 0.969 bits per heavy atom. The molecule has 0 aliphatic heterocycles. The van der Waals surface area contributed by atoms with E-state index in [0.717, 1.165) is 12.1 Å². The molecule has 2 heterocycles. The standard InChI is InChI=1S/2C8H8O4.3CO.CH3.Fe/c2*1-5-3-7(12-6(2)9)4-8(10)11-5;3*1-2;;/h2*3-4H,1-2H3;;;;1H3;/q;;;;;-1;. The van der Waals surface area contributed by atoms with Gasteiger partial charge in [0, 0.05) is 43.0 Å². The quantitative estimate of drug-likeness (QED) is 0.266. The van der Waals surface area contributed by atoms with E-state index < -0.39 is 23.2 Å². The molecule has 2 aromatic heterocycles. The van der Waals surface area contributed by atoms with Gasteiger partial charge in [-0.05, 0) is 13.8 Å². The van der Waals surface area contributed by atoms with E-state index in [-0.39, 0.29) is 36.0 Å². The Morgan fingerprint density at radius 3 is 1.16 bits per heavy atom. The van der Waals surface area contributed by atoms with Crippen molar-refractivity contribution in [2.45, 2.75) is 27.7 Å². The van der Waals surface area contributed by atoms with Crippen LogP contribution in [0.5, 0.6) is 11.5 Å². The average Bonchev–Trinajstić information content (AvgIpc) is 2.64. The molecule has 0 aliphatic rings. The van der Waals surface area contributed by atoms with Gasteiger partial charge in [-0.15, -0.1) is 0 Å². The van der Waals surface area contributed by atoms with Crippen LogP contribution in [0.2, 0.25) is 0 Å². The Morgan fingerprint density at radius 1 is 0.719 bits per heavy atom. The fourth-order valence-electron chi connectivity index (χ4n) is 1.60. The predicted molar refractivity (Wildman–Crippen MR) is 100 cm³/mol. The van der Waals surface area contributed by atoms with Gasteiger partial charge < -0.3 is 25.7 Å². The number of hydrogen-bond donors (Lipinski definition) is 0. The Kier molecular flexibility index (Phi) is 29.1. The maximum Gasteiger partial charge on any atom is 0 e. The normalized spacial score (nSPS) is 7.31. The molecule has 174 valence electrons. The second-order valence-electron chi connectivity index (χ2n) is 4.63. The molecular formula is C20H19FeO11-. The van der Waals surface area contributed by atoms with Crippen LogP contribution in [-0.2, 0) is 40.6 Å². The number of ether oxygens (including phenoxy) is 2. The summed E-state index contributed by atoms with van der Waals surface area (Å²) in [6, 6.07) is 5.19. The third-order valence-corrected chi connectivity index (χ3v) is 2.26. The first-order chi connectivity index (χ1) is 14.2. The molecule has 0 radical (unpaired) electrons.